The Morgan fingerprint density at radius 3 is 2.75 bits per heavy atom. The third-order valence-electron chi connectivity index (χ3n) is 2.13. The Morgan fingerprint density at radius 1 is 1.62 bits per heavy atom. The van der Waals surface area contributed by atoms with E-state index in [0.717, 1.165) is 0 Å². The topological polar surface area (TPSA) is 73.2 Å². The molecule has 16 heavy (non-hydrogen) atoms. The van der Waals surface area contributed by atoms with Gasteiger partial charge in [0.1, 0.15) is 6.54 Å². The summed E-state index contributed by atoms with van der Waals surface area (Å²) in [6.07, 6.45) is -3.39. The molecule has 1 aliphatic heterocycles. The summed E-state index contributed by atoms with van der Waals surface area (Å²) in [5, 5.41) is 9.95. The maximum absolute atomic E-state index is 12.0. The van der Waals surface area contributed by atoms with E-state index >= 15 is 0 Å². The van der Waals surface area contributed by atoms with Crippen molar-refractivity contribution >= 4 is 11.8 Å². The zero-order valence-corrected chi connectivity index (χ0v) is 8.04. The van der Waals surface area contributed by atoms with Gasteiger partial charge in [-0.05, 0) is 0 Å². The molecule has 0 saturated carbocycles. The number of hydrogen-bond acceptors (Lipinski definition) is 3. The van der Waals surface area contributed by atoms with E-state index in [4.69, 9.17) is 5.26 Å². The molecule has 0 aromatic carbocycles. The number of nitriles is 1. The fraction of sp³-hybridized carbons (Fsp3) is 0.625. The van der Waals surface area contributed by atoms with Crippen molar-refractivity contribution in [1.82, 2.24) is 10.2 Å². The average molecular weight is 235 g/mol. The van der Waals surface area contributed by atoms with Crippen LogP contribution in [0.3, 0.4) is 0 Å². The smallest absolute Gasteiger partial charge is 0.333 e. The zero-order valence-electron chi connectivity index (χ0n) is 8.04. The number of carbonyl (C=O) groups excluding carboxylic acids is 2. The lowest BCUT2D eigenvalue weighted by Crippen LogP contribution is -2.36. The normalized spacial score (nSPS) is 20.8. The van der Waals surface area contributed by atoms with Crippen LogP contribution in [0.2, 0.25) is 0 Å². The predicted molar refractivity (Wildman–Crippen MR) is 44.5 cm³/mol. The molecule has 1 aliphatic rings. The Hall–Kier alpha value is -1.78. The van der Waals surface area contributed by atoms with E-state index < -0.39 is 30.5 Å². The number of likely N-dealkylation sites (tertiary alicyclic amines) is 1. The number of hydrogen-bond donors (Lipinski definition) is 1. The van der Waals surface area contributed by atoms with Gasteiger partial charge < -0.3 is 4.90 Å². The first-order chi connectivity index (χ1) is 7.33. The van der Waals surface area contributed by atoms with Crippen molar-refractivity contribution < 1.29 is 22.8 Å². The van der Waals surface area contributed by atoms with Crippen molar-refractivity contribution in [3.63, 3.8) is 0 Å². The van der Waals surface area contributed by atoms with Gasteiger partial charge in [-0.15, -0.1) is 0 Å². The Bertz CT molecular complexity index is 347. The molecular weight excluding hydrogens is 227 g/mol. The molecule has 0 aromatic heterocycles. The molecular formula is C8H8F3N3O2. The standard InChI is InChI=1S/C8H8F3N3O2/c9-8(10,11)3-14-2-5(1-6(14)15)7(16)13-4-12/h5H,1-3H2,(H,13,16). The lowest BCUT2D eigenvalue weighted by atomic mass is 10.1. The van der Waals surface area contributed by atoms with Gasteiger partial charge in [-0.1, -0.05) is 0 Å². The van der Waals surface area contributed by atoms with Gasteiger partial charge in [0.05, 0.1) is 5.92 Å². The number of alkyl halides is 3. The Labute approximate surface area is 88.8 Å². The zero-order chi connectivity index (χ0) is 12.3. The quantitative estimate of drug-likeness (QED) is 0.540. The third-order valence-corrected chi connectivity index (χ3v) is 2.13. The van der Waals surface area contributed by atoms with Crippen LogP contribution in [-0.4, -0.2) is 36.0 Å². The molecule has 1 unspecified atom stereocenters. The molecule has 1 heterocycles. The van der Waals surface area contributed by atoms with Gasteiger partial charge in [-0.2, -0.15) is 18.4 Å². The van der Waals surface area contributed by atoms with Gasteiger partial charge in [0.15, 0.2) is 6.19 Å². The molecule has 1 fully saturated rings. The molecule has 1 rings (SSSR count). The highest BCUT2D eigenvalue weighted by Crippen LogP contribution is 2.23. The monoisotopic (exact) mass is 235 g/mol. The number of halogens is 3. The van der Waals surface area contributed by atoms with Crippen LogP contribution < -0.4 is 5.32 Å². The summed E-state index contributed by atoms with van der Waals surface area (Å²) in [6, 6.07) is 0. The minimum absolute atomic E-state index is 0.288. The maximum atomic E-state index is 12.0. The minimum atomic E-state index is -4.48. The van der Waals surface area contributed by atoms with Crippen LogP contribution >= 0.6 is 0 Å². The highest BCUT2D eigenvalue weighted by Gasteiger charge is 2.40. The maximum Gasteiger partial charge on any atom is 0.406 e. The summed E-state index contributed by atoms with van der Waals surface area (Å²) in [4.78, 5) is 22.8. The van der Waals surface area contributed by atoms with Crippen LogP contribution in [0.25, 0.3) is 0 Å². The van der Waals surface area contributed by atoms with E-state index in [1.165, 1.54) is 6.19 Å². The summed E-state index contributed by atoms with van der Waals surface area (Å²) in [5.41, 5.74) is 0. The summed E-state index contributed by atoms with van der Waals surface area (Å²) in [7, 11) is 0. The molecule has 0 radical (unpaired) electrons. The van der Waals surface area contributed by atoms with Crippen molar-refractivity contribution in [2.45, 2.75) is 12.6 Å². The predicted octanol–water partition coefficient (Wildman–Crippen LogP) is -0.00552. The molecule has 1 N–H and O–H groups in total. The van der Waals surface area contributed by atoms with Gasteiger partial charge in [0.25, 0.3) is 0 Å². The average Bonchev–Trinajstić information content (AvgIpc) is 2.45. The molecule has 0 aromatic rings. The van der Waals surface area contributed by atoms with Crippen LogP contribution in [0.15, 0.2) is 0 Å². The summed E-state index contributed by atoms with van der Waals surface area (Å²) < 4.78 is 36.0. The number of rotatable bonds is 2. The van der Waals surface area contributed by atoms with Crippen molar-refractivity contribution in [3.05, 3.63) is 0 Å². The van der Waals surface area contributed by atoms with Gasteiger partial charge in [-0.25, -0.2) is 0 Å². The van der Waals surface area contributed by atoms with Gasteiger partial charge in [-0.3, -0.25) is 14.9 Å². The van der Waals surface area contributed by atoms with Crippen molar-refractivity contribution in [1.29, 1.82) is 5.26 Å². The van der Waals surface area contributed by atoms with Gasteiger partial charge in [0.2, 0.25) is 11.8 Å². The van der Waals surface area contributed by atoms with E-state index in [-0.39, 0.29) is 13.0 Å². The highest BCUT2D eigenvalue weighted by molar-refractivity contribution is 5.89. The van der Waals surface area contributed by atoms with Gasteiger partial charge >= 0.3 is 6.18 Å². The number of nitrogens with zero attached hydrogens (tertiary/aromatic N) is 2. The molecule has 8 heteroatoms. The van der Waals surface area contributed by atoms with E-state index in [0.29, 0.717) is 4.90 Å². The molecule has 0 bridgehead atoms. The second-order valence-corrected chi connectivity index (χ2v) is 3.39. The van der Waals surface area contributed by atoms with Crippen LogP contribution in [0.1, 0.15) is 6.42 Å². The van der Waals surface area contributed by atoms with Crippen LogP contribution in [0.4, 0.5) is 13.2 Å². The van der Waals surface area contributed by atoms with E-state index in [2.05, 4.69) is 0 Å². The fourth-order valence-electron chi connectivity index (χ4n) is 1.47. The first kappa shape index (κ1) is 12.3. The second-order valence-electron chi connectivity index (χ2n) is 3.39. The van der Waals surface area contributed by atoms with E-state index in [1.54, 1.807) is 5.32 Å². The number of nitrogens with one attached hydrogen (secondary N) is 1. The van der Waals surface area contributed by atoms with Crippen LogP contribution in [-0.2, 0) is 9.59 Å². The lowest BCUT2D eigenvalue weighted by molar-refractivity contribution is -0.157. The van der Waals surface area contributed by atoms with E-state index in [9.17, 15) is 22.8 Å². The van der Waals surface area contributed by atoms with Crippen LogP contribution in [0, 0.1) is 17.4 Å². The SMILES string of the molecule is N#CNC(=O)C1CC(=O)N(CC(F)(F)F)C1. The molecule has 2 amide bonds. The lowest BCUT2D eigenvalue weighted by Gasteiger charge is -2.17. The summed E-state index contributed by atoms with van der Waals surface area (Å²) in [6.45, 7) is -1.66. The largest absolute Gasteiger partial charge is 0.406 e. The highest BCUT2D eigenvalue weighted by atomic mass is 19.4. The second kappa shape index (κ2) is 4.38. The van der Waals surface area contributed by atoms with Crippen LogP contribution in [0.5, 0.6) is 0 Å². The van der Waals surface area contributed by atoms with E-state index in [1.807, 2.05) is 0 Å². The Morgan fingerprint density at radius 2 is 2.25 bits per heavy atom. The Balaban J connectivity index is 2.58. The molecule has 0 spiro atoms. The van der Waals surface area contributed by atoms with Crippen molar-refractivity contribution in [2.24, 2.45) is 5.92 Å². The molecule has 1 atom stereocenters. The number of amides is 2. The number of carbonyl (C=O) groups is 2. The van der Waals surface area contributed by atoms with Crippen molar-refractivity contribution in [3.8, 4) is 6.19 Å². The molecule has 0 aliphatic carbocycles. The minimum Gasteiger partial charge on any atom is -0.333 e. The Kier molecular flexibility index (Phi) is 3.37. The summed E-state index contributed by atoms with van der Waals surface area (Å²) in [5.74, 6) is -2.33. The van der Waals surface area contributed by atoms with Gasteiger partial charge in [0, 0.05) is 13.0 Å². The molecule has 1 saturated heterocycles. The first-order valence-electron chi connectivity index (χ1n) is 4.37. The van der Waals surface area contributed by atoms with Crippen molar-refractivity contribution in [2.75, 3.05) is 13.1 Å². The first-order valence-corrected chi connectivity index (χ1v) is 4.37. The fourth-order valence-corrected chi connectivity index (χ4v) is 1.47. The third kappa shape index (κ3) is 3.12. The molecule has 5 nitrogen and oxygen atoms in total. The molecule has 88 valence electrons. The summed E-state index contributed by atoms with van der Waals surface area (Å²) >= 11 is 0.